The zero-order chi connectivity index (χ0) is 10.6. The Labute approximate surface area is 100 Å². The maximum absolute atomic E-state index is 11.8. The third kappa shape index (κ3) is 2.91. The highest BCUT2D eigenvalue weighted by Gasteiger charge is 2.12. The topological polar surface area (TPSA) is 29.1 Å². The fourth-order valence-electron chi connectivity index (χ4n) is 0.932. The van der Waals surface area contributed by atoms with Crippen molar-refractivity contribution in [3.05, 3.63) is 19.4 Å². The van der Waals surface area contributed by atoms with Crippen molar-refractivity contribution in [2.75, 3.05) is 13.2 Å². The zero-order valence-electron chi connectivity index (χ0n) is 7.77. The Morgan fingerprint density at radius 1 is 1.71 bits per heavy atom. The van der Waals surface area contributed by atoms with E-state index >= 15 is 0 Å². The van der Waals surface area contributed by atoms with Crippen LogP contribution >= 0.6 is 33.9 Å². The maximum atomic E-state index is 11.8. The van der Waals surface area contributed by atoms with E-state index in [0.717, 1.165) is 14.0 Å². The Hall–Kier alpha value is -0.170. The van der Waals surface area contributed by atoms with Crippen LogP contribution < -0.4 is 5.32 Å². The van der Waals surface area contributed by atoms with E-state index in [9.17, 15) is 9.18 Å². The van der Waals surface area contributed by atoms with Gasteiger partial charge >= 0.3 is 0 Å². The lowest BCUT2D eigenvalue weighted by Gasteiger charge is -2.01. The molecule has 0 unspecified atom stereocenters. The van der Waals surface area contributed by atoms with Crippen LogP contribution in [0.5, 0.6) is 0 Å². The number of hydrogen-bond acceptors (Lipinski definition) is 2. The monoisotopic (exact) mass is 327 g/mol. The molecule has 1 rings (SSSR count). The summed E-state index contributed by atoms with van der Waals surface area (Å²) in [7, 11) is 0. The van der Waals surface area contributed by atoms with Gasteiger partial charge in [-0.2, -0.15) is 0 Å². The highest BCUT2D eigenvalue weighted by Crippen LogP contribution is 2.23. The standard InChI is InChI=1S/C9H11FINOS/c1-6-5-14-8(7(6)11)9(13)12-4-2-3-10/h5H,2-4H2,1H3,(H,12,13). The number of alkyl halides is 1. The van der Waals surface area contributed by atoms with E-state index in [0.29, 0.717) is 13.0 Å². The number of aryl methyl sites for hydroxylation is 1. The lowest BCUT2D eigenvalue weighted by Crippen LogP contribution is -2.24. The third-order valence-electron chi connectivity index (χ3n) is 1.70. The minimum atomic E-state index is -0.388. The maximum Gasteiger partial charge on any atom is 0.262 e. The van der Waals surface area contributed by atoms with Crippen molar-refractivity contribution < 1.29 is 9.18 Å². The van der Waals surface area contributed by atoms with Gasteiger partial charge in [0, 0.05) is 10.1 Å². The Bertz CT molecular complexity index is 327. The molecule has 1 aromatic heterocycles. The summed E-state index contributed by atoms with van der Waals surface area (Å²) in [6.45, 7) is 1.99. The summed E-state index contributed by atoms with van der Waals surface area (Å²) in [6.07, 6.45) is 0.382. The number of rotatable bonds is 4. The molecule has 1 amide bonds. The summed E-state index contributed by atoms with van der Waals surface area (Å²) in [5.74, 6) is -0.0963. The fraction of sp³-hybridized carbons (Fsp3) is 0.444. The summed E-state index contributed by atoms with van der Waals surface area (Å²) < 4.78 is 12.8. The predicted molar refractivity (Wildman–Crippen MR) is 64.7 cm³/mol. The summed E-state index contributed by atoms with van der Waals surface area (Å²) in [5, 5.41) is 4.63. The second kappa shape index (κ2) is 5.65. The molecule has 1 N–H and O–H groups in total. The first-order valence-corrected chi connectivity index (χ1v) is 6.20. The predicted octanol–water partition coefficient (Wildman–Crippen LogP) is 2.75. The SMILES string of the molecule is Cc1csc(C(=O)NCCCF)c1I. The molecule has 0 radical (unpaired) electrons. The van der Waals surface area contributed by atoms with Crippen LogP contribution in [-0.2, 0) is 0 Å². The average molecular weight is 327 g/mol. The number of amides is 1. The first-order chi connectivity index (χ1) is 6.66. The Balaban J connectivity index is 2.56. The van der Waals surface area contributed by atoms with Crippen molar-refractivity contribution in [3.8, 4) is 0 Å². The first-order valence-electron chi connectivity index (χ1n) is 4.24. The number of nitrogens with one attached hydrogen (secondary N) is 1. The normalized spacial score (nSPS) is 10.2. The minimum absolute atomic E-state index is 0.0963. The molecule has 5 heteroatoms. The van der Waals surface area contributed by atoms with Gasteiger partial charge in [-0.1, -0.05) is 0 Å². The largest absolute Gasteiger partial charge is 0.351 e. The molecule has 0 aliphatic carbocycles. The third-order valence-corrected chi connectivity index (χ3v) is 4.55. The van der Waals surface area contributed by atoms with E-state index in [2.05, 4.69) is 27.9 Å². The molecular formula is C9H11FINOS. The number of carbonyl (C=O) groups excluding carboxylic acids is 1. The number of thiophene rings is 1. The van der Waals surface area contributed by atoms with Crippen molar-refractivity contribution in [1.29, 1.82) is 0 Å². The van der Waals surface area contributed by atoms with Crippen molar-refractivity contribution in [3.63, 3.8) is 0 Å². The fourth-order valence-corrected chi connectivity index (χ4v) is 2.78. The number of halogens is 2. The van der Waals surface area contributed by atoms with Gasteiger partial charge in [-0.05, 0) is 46.9 Å². The van der Waals surface area contributed by atoms with Gasteiger partial charge in [0.05, 0.1) is 6.67 Å². The van der Waals surface area contributed by atoms with Gasteiger partial charge in [0.25, 0.3) is 5.91 Å². The summed E-state index contributed by atoms with van der Waals surface area (Å²) >= 11 is 3.58. The van der Waals surface area contributed by atoms with Crippen LogP contribution in [0.25, 0.3) is 0 Å². The quantitative estimate of drug-likeness (QED) is 0.669. The van der Waals surface area contributed by atoms with Crippen molar-refractivity contribution in [2.24, 2.45) is 0 Å². The molecule has 0 aromatic carbocycles. The van der Waals surface area contributed by atoms with Crippen LogP contribution in [0.3, 0.4) is 0 Å². The van der Waals surface area contributed by atoms with Gasteiger partial charge < -0.3 is 5.32 Å². The van der Waals surface area contributed by atoms with Gasteiger partial charge in [-0.25, -0.2) is 0 Å². The van der Waals surface area contributed by atoms with E-state index < -0.39 is 0 Å². The minimum Gasteiger partial charge on any atom is -0.351 e. The molecule has 0 bridgehead atoms. The van der Waals surface area contributed by atoms with Crippen LogP contribution in [-0.4, -0.2) is 19.1 Å². The smallest absolute Gasteiger partial charge is 0.262 e. The second-order valence-electron chi connectivity index (χ2n) is 2.86. The molecule has 78 valence electrons. The Kier molecular flexibility index (Phi) is 4.80. The molecule has 0 atom stereocenters. The van der Waals surface area contributed by atoms with Crippen molar-refractivity contribution >= 4 is 39.8 Å². The molecule has 2 nitrogen and oxygen atoms in total. The Morgan fingerprint density at radius 2 is 2.43 bits per heavy atom. The molecule has 0 saturated carbocycles. The van der Waals surface area contributed by atoms with Gasteiger partial charge in [-0.15, -0.1) is 11.3 Å². The number of carbonyl (C=O) groups is 1. The molecule has 0 spiro atoms. The molecule has 0 aliphatic heterocycles. The highest BCUT2D eigenvalue weighted by atomic mass is 127. The highest BCUT2D eigenvalue weighted by molar-refractivity contribution is 14.1. The molecule has 1 heterocycles. The van der Waals surface area contributed by atoms with Gasteiger partial charge in [0.1, 0.15) is 4.88 Å². The van der Waals surface area contributed by atoms with Gasteiger partial charge in [0.15, 0.2) is 0 Å². The number of hydrogen-bond donors (Lipinski definition) is 1. The second-order valence-corrected chi connectivity index (χ2v) is 4.82. The van der Waals surface area contributed by atoms with Crippen molar-refractivity contribution in [2.45, 2.75) is 13.3 Å². The van der Waals surface area contributed by atoms with Crippen LogP contribution in [0.15, 0.2) is 5.38 Å². The lowest BCUT2D eigenvalue weighted by atomic mass is 10.3. The molecule has 14 heavy (non-hydrogen) atoms. The molecular weight excluding hydrogens is 316 g/mol. The van der Waals surface area contributed by atoms with Crippen LogP contribution in [0, 0.1) is 10.5 Å². The molecule has 0 fully saturated rings. The van der Waals surface area contributed by atoms with Crippen LogP contribution in [0.4, 0.5) is 4.39 Å². The van der Waals surface area contributed by atoms with E-state index in [1.807, 2.05) is 12.3 Å². The molecule has 0 saturated heterocycles. The summed E-state index contributed by atoms with van der Waals surface area (Å²) in [4.78, 5) is 12.2. The first kappa shape index (κ1) is 11.9. The van der Waals surface area contributed by atoms with E-state index in [1.165, 1.54) is 11.3 Å². The zero-order valence-corrected chi connectivity index (χ0v) is 10.7. The summed E-state index contributed by atoms with van der Waals surface area (Å²) in [5.41, 5.74) is 1.12. The van der Waals surface area contributed by atoms with Gasteiger partial charge in [0.2, 0.25) is 0 Å². The Morgan fingerprint density at radius 3 is 2.93 bits per heavy atom. The average Bonchev–Trinajstić information content (AvgIpc) is 2.48. The van der Waals surface area contributed by atoms with E-state index in [-0.39, 0.29) is 12.6 Å². The summed E-state index contributed by atoms with van der Waals surface area (Å²) in [6, 6.07) is 0. The van der Waals surface area contributed by atoms with E-state index in [4.69, 9.17) is 0 Å². The molecule has 0 aliphatic rings. The van der Waals surface area contributed by atoms with E-state index in [1.54, 1.807) is 0 Å². The lowest BCUT2D eigenvalue weighted by molar-refractivity contribution is 0.0956. The van der Waals surface area contributed by atoms with Crippen molar-refractivity contribution in [1.82, 2.24) is 5.32 Å². The van der Waals surface area contributed by atoms with Crippen LogP contribution in [0.1, 0.15) is 21.7 Å². The van der Waals surface area contributed by atoms with Gasteiger partial charge in [-0.3, -0.25) is 9.18 Å². The molecule has 1 aromatic rings. The van der Waals surface area contributed by atoms with Crippen LogP contribution in [0.2, 0.25) is 0 Å².